The van der Waals surface area contributed by atoms with E-state index in [1.165, 1.54) is 0 Å². The van der Waals surface area contributed by atoms with E-state index in [1.54, 1.807) is 30.0 Å². The van der Waals surface area contributed by atoms with E-state index in [2.05, 4.69) is 5.32 Å². The molecule has 1 saturated heterocycles. The summed E-state index contributed by atoms with van der Waals surface area (Å²) in [5.41, 5.74) is 0.996. The zero-order valence-electron chi connectivity index (χ0n) is 13.8. The highest BCUT2D eigenvalue weighted by Gasteiger charge is 2.24. The van der Waals surface area contributed by atoms with E-state index in [0.717, 1.165) is 36.6 Å². The van der Waals surface area contributed by atoms with Gasteiger partial charge in [0, 0.05) is 13.1 Å². The molecule has 0 spiro atoms. The van der Waals surface area contributed by atoms with Gasteiger partial charge in [0.05, 0.1) is 16.8 Å². The summed E-state index contributed by atoms with van der Waals surface area (Å²) in [7, 11) is 0. The van der Waals surface area contributed by atoms with E-state index in [9.17, 15) is 18.4 Å². The van der Waals surface area contributed by atoms with Crippen molar-refractivity contribution < 1.29 is 18.4 Å². The number of anilines is 1. The number of nitrogens with zero attached hydrogens (tertiary/aromatic N) is 1. The number of aryl methyl sites for hydroxylation is 1. The molecule has 2 aromatic carbocycles. The Labute approximate surface area is 144 Å². The van der Waals surface area contributed by atoms with Crippen LogP contribution in [0.5, 0.6) is 0 Å². The largest absolute Gasteiger partial charge is 0.339 e. The van der Waals surface area contributed by atoms with Crippen molar-refractivity contribution in [2.24, 2.45) is 0 Å². The fourth-order valence-corrected chi connectivity index (χ4v) is 3.00. The molecular weight excluding hydrogens is 326 g/mol. The first-order valence-corrected chi connectivity index (χ1v) is 8.12. The molecule has 0 atom stereocenters. The molecule has 130 valence electrons. The first-order valence-electron chi connectivity index (χ1n) is 8.12. The maximum atomic E-state index is 13.8. The van der Waals surface area contributed by atoms with Crippen molar-refractivity contribution >= 4 is 17.5 Å². The molecule has 0 radical (unpaired) electrons. The molecule has 4 nitrogen and oxygen atoms in total. The molecule has 0 saturated carbocycles. The van der Waals surface area contributed by atoms with E-state index in [-0.39, 0.29) is 5.91 Å². The van der Waals surface area contributed by atoms with E-state index in [1.807, 2.05) is 0 Å². The molecule has 1 N–H and O–H groups in total. The third-order valence-electron chi connectivity index (χ3n) is 4.30. The van der Waals surface area contributed by atoms with Crippen molar-refractivity contribution in [3.05, 3.63) is 64.7 Å². The minimum Gasteiger partial charge on any atom is -0.339 e. The lowest BCUT2D eigenvalue weighted by Crippen LogP contribution is -2.29. The third kappa shape index (κ3) is 3.52. The fraction of sp³-hybridized carbons (Fsp3) is 0.263. The van der Waals surface area contributed by atoms with Gasteiger partial charge in [0.1, 0.15) is 11.6 Å². The fourth-order valence-electron chi connectivity index (χ4n) is 3.00. The average molecular weight is 344 g/mol. The van der Waals surface area contributed by atoms with Gasteiger partial charge in [-0.3, -0.25) is 9.59 Å². The SMILES string of the molecule is Cc1cccc(NC(=O)c2cc(F)ccc2F)c1C(=O)N1CCCC1. The molecule has 6 heteroatoms. The van der Waals surface area contributed by atoms with Gasteiger partial charge in [0.15, 0.2) is 0 Å². The van der Waals surface area contributed by atoms with Gasteiger partial charge in [-0.1, -0.05) is 12.1 Å². The number of benzene rings is 2. The number of carbonyl (C=O) groups excluding carboxylic acids is 2. The predicted octanol–water partition coefficient (Wildman–Crippen LogP) is 3.76. The van der Waals surface area contributed by atoms with Gasteiger partial charge in [-0.15, -0.1) is 0 Å². The van der Waals surface area contributed by atoms with Gasteiger partial charge in [-0.25, -0.2) is 8.78 Å². The summed E-state index contributed by atoms with van der Waals surface area (Å²) in [6.45, 7) is 3.14. The third-order valence-corrected chi connectivity index (χ3v) is 4.30. The van der Waals surface area contributed by atoms with E-state index in [0.29, 0.717) is 24.3 Å². The van der Waals surface area contributed by atoms with Crippen molar-refractivity contribution in [1.82, 2.24) is 4.90 Å². The highest BCUT2D eigenvalue weighted by molar-refractivity contribution is 6.09. The van der Waals surface area contributed by atoms with Crippen LogP contribution in [-0.4, -0.2) is 29.8 Å². The molecular formula is C19H18F2N2O2. The van der Waals surface area contributed by atoms with Crippen LogP contribution in [0.1, 0.15) is 39.1 Å². The van der Waals surface area contributed by atoms with Gasteiger partial charge in [0.25, 0.3) is 11.8 Å². The van der Waals surface area contributed by atoms with E-state index >= 15 is 0 Å². The van der Waals surface area contributed by atoms with Crippen LogP contribution in [0.15, 0.2) is 36.4 Å². The Bertz CT molecular complexity index is 830. The summed E-state index contributed by atoms with van der Waals surface area (Å²) in [6.07, 6.45) is 1.90. The topological polar surface area (TPSA) is 49.4 Å². The molecule has 0 aromatic heterocycles. The molecule has 1 aliphatic heterocycles. The summed E-state index contributed by atoms with van der Waals surface area (Å²) in [5.74, 6) is -2.48. The van der Waals surface area contributed by atoms with Gasteiger partial charge < -0.3 is 10.2 Å². The molecule has 0 unspecified atom stereocenters. The van der Waals surface area contributed by atoms with Gasteiger partial charge in [-0.05, 0) is 49.6 Å². The second-order valence-electron chi connectivity index (χ2n) is 6.08. The number of nitrogens with one attached hydrogen (secondary N) is 1. The first-order chi connectivity index (χ1) is 12.0. The number of carbonyl (C=O) groups is 2. The molecule has 2 aromatic rings. The van der Waals surface area contributed by atoms with Crippen LogP contribution in [0.4, 0.5) is 14.5 Å². The molecule has 3 rings (SSSR count). The Morgan fingerprint density at radius 2 is 1.80 bits per heavy atom. The van der Waals surface area contributed by atoms with Crippen molar-refractivity contribution in [3.63, 3.8) is 0 Å². The lowest BCUT2D eigenvalue weighted by molar-refractivity contribution is 0.0793. The number of likely N-dealkylation sites (tertiary alicyclic amines) is 1. The van der Waals surface area contributed by atoms with Gasteiger partial charge in [0.2, 0.25) is 0 Å². The second kappa shape index (κ2) is 7.01. The van der Waals surface area contributed by atoms with Crippen LogP contribution < -0.4 is 5.32 Å². The molecule has 0 bridgehead atoms. The lowest BCUT2D eigenvalue weighted by Gasteiger charge is -2.19. The Hall–Kier alpha value is -2.76. The second-order valence-corrected chi connectivity index (χ2v) is 6.08. The van der Waals surface area contributed by atoms with Crippen LogP contribution in [0.3, 0.4) is 0 Å². The van der Waals surface area contributed by atoms with Crippen molar-refractivity contribution in [2.75, 3.05) is 18.4 Å². The molecule has 2 amide bonds. The summed E-state index contributed by atoms with van der Waals surface area (Å²) < 4.78 is 27.1. The van der Waals surface area contributed by atoms with Crippen LogP contribution >= 0.6 is 0 Å². The minimum atomic E-state index is -0.820. The molecule has 25 heavy (non-hydrogen) atoms. The Morgan fingerprint density at radius 1 is 1.08 bits per heavy atom. The maximum Gasteiger partial charge on any atom is 0.258 e. The number of halogens is 2. The van der Waals surface area contributed by atoms with Gasteiger partial charge >= 0.3 is 0 Å². The summed E-state index contributed by atoms with van der Waals surface area (Å²) >= 11 is 0. The van der Waals surface area contributed by atoms with E-state index < -0.39 is 23.1 Å². The summed E-state index contributed by atoms with van der Waals surface area (Å²) in [4.78, 5) is 26.9. The smallest absolute Gasteiger partial charge is 0.258 e. The predicted molar refractivity (Wildman–Crippen MR) is 90.6 cm³/mol. The lowest BCUT2D eigenvalue weighted by atomic mass is 10.0. The average Bonchev–Trinajstić information content (AvgIpc) is 3.11. The summed E-state index contributed by atoms with van der Waals surface area (Å²) in [6, 6.07) is 7.75. The Balaban J connectivity index is 1.92. The van der Waals surface area contributed by atoms with Crippen LogP contribution in [0.25, 0.3) is 0 Å². The monoisotopic (exact) mass is 344 g/mol. The zero-order chi connectivity index (χ0) is 18.0. The van der Waals surface area contributed by atoms with Crippen molar-refractivity contribution in [3.8, 4) is 0 Å². The van der Waals surface area contributed by atoms with Crippen LogP contribution in [0.2, 0.25) is 0 Å². The first kappa shape index (κ1) is 17.1. The molecule has 1 fully saturated rings. The number of hydrogen-bond acceptors (Lipinski definition) is 2. The highest BCUT2D eigenvalue weighted by atomic mass is 19.1. The minimum absolute atomic E-state index is 0.161. The number of hydrogen-bond donors (Lipinski definition) is 1. The quantitative estimate of drug-likeness (QED) is 0.922. The molecule has 1 heterocycles. The number of rotatable bonds is 3. The highest BCUT2D eigenvalue weighted by Crippen LogP contribution is 2.24. The van der Waals surface area contributed by atoms with Gasteiger partial charge in [-0.2, -0.15) is 0 Å². The molecule has 1 aliphatic rings. The number of amides is 2. The van der Waals surface area contributed by atoms with Crippen molar-refractivity contribution in [2.45, 2.75) is 19.8 Å². The van der Waals surface area contributed by atoms with Crippen LogP contribution in [-0.2, 0) is 0 Å². The summed E-state index contributed by atoms with van der Waals surface area (Å²) in [5, 5.41) is 2.55. The van der Waals surface area contributed by atoms with Crippen molar-refractivity contribution in [1.29, 1.82) is 0 Å². The molecule has 0 aliphatic carbocycles. The maximum absolute atomic E-state index is 13.8. The van der Waals surface area contributed by atoms with E-state index in [4.69, 9.17) is 0 Å². The normalized spacial score (nSPS) is 13.8. The van der Waals surface area contributed by atoms with Crippen LogP contribution in [0, 0.1) is 18.6 Å². The standard InChI is InChI=1S/C19H18F2N2O2/c1-12-5-4-6-16(17(12)19(25)23-9-2-3-10-23)22-18(24)14-11-13(20)7-8-15(14)21/h4-8,11H,2-3,9-10H2,1H3,(H,22,24). The Kier molecular flexibility index (Phi) is 4.79. The zero-order valence-corrected chi connectivity index (χ0v) is 13.8. The Morgan fingerprint density at radius 3 is 2.52 bits per heavy atom.